The van der Waals surface area contributed by atoms with Crippen LogP contribution in [0.2, 0.25) is 10.0 Å². The van der Waals surface area contributed by atoms with Gasteiger partial charge in [-0.05, 0) is 12.8 Å². The van der Waals surface area contributed by atoms with Crippen LogP contribution in [0.4, 0.5) is 8.78 Å². The molecule has 0 aliphatic rings. The van der Waals surface area contributed by atoms with E-state index in [4.69, 9.17) is 23.2 Å². The van der Waals surface area contributed by atoms with Gasteiger partial charge >= 0.3 is 0 Å². The fourth-order valence-electron chi connectivity index (χ4n) is 1.27. The van der Waals surface area contributed by atoms with E-state index in [0.29, 0.717) is 0 Å². The van der Waals surface area contributed by atoms with Crippen molar-refractivity contribution in [3.63, 3.8) is 0 Å². The van der Waals surface area contributed by atoms with E-state index in [1.165, 1.54) is 6.92 Å². The first-order valence-corrected chi connectivity index (χ1v) is 4.96. The van der Waals surface area contributed by atoms with Gasteiger partial charge in [-0.1, -0.05) is 37.0 Å². The second-order valence-corrected chi connectivity index (χ2v) is 4.21. The van der Waals surface area contributed by atoms with Crippen LogP contribution < -0.4 is 0 Å². The summed E-state index contributed by atoms with van der Waals surface area (Å²) in [4.78, 5) is 0. The largest absolute Gasteiger partial charge is 0.205 e. The van der Waals surface area contributed by atoms with Crippen molar-refractivity contribution in [3.8, 4) is 0 Å². The first-order valence-electron chi connectivity index (χ1n) is 4.20. The minimum Gasteiger partial charge on any atom is -0.205 e. The van der Waals surface area contributed by atoms with Gasteiger partial charge in [0.25, 0.3) is 0 Å². The molecule has 0 unspecified atom stereocenters. The van der Waals surface area contributed by atoms with Crippen LogP contribution in [0.5, 0.6) is 0 Å². The van der Waals surface area contributed by atoms with Crippen LogP contribution in [0.3, 0.4) is 0 Å². The summed E-state index contributed by atoms with van der Waals surface area (Å²) in [6.07, 6.45) is 0. The van der Waals surface area contributed by atoms with Gasteiger partial charge in [0.05, 0.1) is 10.0 Å². The van der Waals surface area contributed by atoms with Crippen molar-refractivity contribution in [2.24, 2.45) is 0 Å². The van der Waals surface area contributed by atoms with Gasteiger partial charge in [0.15, 0.2) is 0 Å². The molecule has 0 spiro atoms. The summed E-state index contributed by atoms with van der Waals surface area (Å²) in [6.45, 7) is 4.86. The Morgan fingerprint density at radius 2 is 1.50 bits per heavy atom. The Bertz CT molecular complexity index is 344. The number of hydrogen-bond acceptors (Lipinski definition) is 0. The summed E-state index contributed by atoms with van der Waals surface area (Å²) in [7, 11) is 0. The molecule has 1 aromatic rings. The van der Waals surface area contributed by atoms with E-state index < -0.39 is 11.6 Å². The lowest BCUT2D eigenvalue weighted by atomic mass is 10.0. The zero-order chi connectivity index (χ0) is 11.0. The second-order valence-electron chi connectivity index (χ2n) is 3.45. The molecule has 1 aromatic carbocycles. The lowest BCUT2D eigenvalue weighted by molar-refractivity contribution is 0.570. The van der Waals surface area contributed by atoms with E-state index in [9.17, 15) is 8.78 Å². The van der Waals surface area contributed by atoms with Crippen molar-refractivity contribution in [1.82, 2.24) is 0 Å². The molecule has 0 atom stereocenters. The van der Waals surface area contributed by atoms with Gasteiger partial charge in [-0.15, -0.1) is 0 Å². The first kappa shape index (κ1) is 11.7. The number of rotatable bonds is 1. The SMILES string of the molecule is Cc1c(F)c(Cl)c(C(C)C)c(F)c1Cl. The van der Waals surface area contributed by atoms with Gasteiger partial charge in [-0.2, -0.15) is 0 Å². The maximum Gasteiger partial charge on any atom is 0.147 e. The predicted octanol–water partition coefficient (Wildman–Crippen LogP) is 4.70. The van der Waals surface area contributed by atoms with E-state index in [1.807, 2.05) is 0 Å². The monoisotopic (exact) mass is 238 g/mol. The average molecular weight is 239 g/mol. The highest BCUT2D eigenvalue weighted by atomic mass is 35.5. The molecule has 0 fully saturated rings. The summed E-state index contributed by atoms with van der Waals surface area (Å²) >= 11 is 11.3. The summed E-state index contributed by atoms with van der Waals surface area (Å²) < 4.78 is 27.0. The van der Waals surface area contributed by atoms with Crippen LogP contribution in [-0.2, 0) is 0 Å². The number of halogens is 4. The normalized spacial score (nSPS) is 11.1. The summed E-state index contributed by atoms with van der Waals surface area (Å²) in [5.74, 6) is -1.46. The van der Waals surface area contributed by atoms with Gasteiger partial charge in [0.1, 0.15) is 11.6 Å². The van der Waals surface area contributed by atoms with E-state index in [1.54, 1.807) is 13.8 Å². The lowest BCUT2D eigenvalue weighted by Crippen LogP contribution is -2.01. The Hall–Kier alpha value is -0.340. The van der Waals surface area contributed by atoms with Crippen molar-refractivity contribution >= 4 is 23.2 Å². The zero-order valence-corrected chi connectivity index (χ0v) is 9.60. The summed E-state index contributed by atoms with van der Waals surface area (Å²) in [6, 6.07) is 0. The fraction of sp³-hybridized carbons (Fsp3) is 0.400. The van der Waals surface area contributed by atoms with Gasteiger partial charge in [0, 0.05) is 11.1 Å². The van der Waals surface area contributed by atoms with Gasteiger partial charge in [-0.25, -0.2) is 8.78 Å². The van der Waals surface area contributed by atoms with Crippen molar-refractivity contribution < 1.29 is 8.78 Å². The number of hydrogen-bond donors (Lipinski definition) is 0. The van der Waals surface area contributed by atoms with Crippen LogP contribution in [-0.4, -0.2) is 0 Å². The Morgan fingerprint density at radius 1 is 1.00 bits per heavy atom. The van der Waals surface area contributed by atoms with Crippen LogP contribution in [0.1, 0.15) is 30.9 Å². The molecule has 0 N–H and O–H groups in total. The third-order valence-corrected chi connectivity index (χ3v) is 2.91. The van der Waals surface area contributed by atoms with E-state index in [-0.39, 0.29) is 27.1 Å². The maximum atomic E-state index is 13.6. The topological polar surface area (TPSA) is 0 Å². The Morgan fingerprint density at radius 3 is 1.93 bits per heavy atom. The molecule has 0 saturated carbocycles. The highest BCUT2D eigenvalue weighted by molar-refractivity contribution is 6.34. The molecule has 0 aliphatic heterocycles. The van der Waals surface area contributed by atoms with Crippen LogP contribution >= 0.6 is 23.2 Å². The van der Waals surface area contributed by atoms with Gasteiger partial charge in [0.2, 0.25) is 0 Å². The third kappa shape index (κ3) is 1.73. The molecule has 0 heterocycles. The Labute approximate surface area is 91.8 Å². The molecule has 78 valence electrons. The number of benzene rings is 1. The highest BCUT2D eigenvalue weighted by Crippen LogP contribution is 2.36. The molecule has 0 amide bonds. The zero-order valence-electron chi connectivity index (χ0n) is 8.09. The molecule has 4 heteroatoms. The van der Waals surface area contributed by atoms with Crippen molar-refractivity contribution in [2.75, 3.05) is 0 Å². The summed E-state index contributed by atoms with van der Waals surface area (Å²) in [5, 5.41) is -0.352. The molecule has 0 saturated heterocycles. The Kier molecular flexibility index (Phi) is 3.38. The smallest absolute Gasteiger partial charge is 0.147 e. The average Bonchev–Trinajstić information content (AvgIpc) is 2.11. The predicted molar refractivity (Wildman–Crippen MR) is 55.2 cm³/mol. The van der Waals surface area contributed by atoms with Gasteiger partial charge < -0.3 is 0 Å². The lowest BCUT2D eigenvalue weighted by Gasteiger charge is -2.13. The Balaban J connectivity index is 3.60. The highest BCUT2D eigenvalue weighted by Gasteiger charge is 2.21. The minimum absolute atomic E-state index is 0.0542. The molecule has 0 aliphatic carbocycles. The molecular weight excluding hydrogens is 229 g/mol. The van der Waals surface area contributed by atoms with Crippen LogP contribution in [0, 0.1) is 18.6 Å². The molecule has 1 rings (SSSR count). The van der Waals surface area contributed by atoms with Crippen molar-refractivity contribution in [3.05, 3.63) is 32.8 Å². The molecule has 0 aromatic heterocycles. The fourth-order valence-corrected chi connectivity index (χ4v) is 1.89. The van der Waals surface area contributed by atoms with E-state index >= 15 is 0 Å². The van der Waals surface area contributed by atoms with Crippen molar-refractivity contribution in [1.29, 1.82) is 0 Å². The molecule has 0 bridgehead atoms. The molecular formula is C10H10Cl2F2. The molecule has 0 nitrogen and oxygen atoms in total. The standard InChI is InChI=1S/C10H10Cl2F2/c1-4(2)6-8(12)9(13)5(3)7(11)10(6)14/h4H,1-3H3. The third-order valence-electron chi connectivity index (χ3n) is 2.09. The van der Waals surface area contributed by atoms with Gasteiger partial charge in [-0.3, -0.25) is 0 Å². The first-order chi connectivity index (χ1) is 6.37. The minimum atomic E-state index is -0.637. The quantitative estimate of drug-likeness (QED) is 0.623. The van der Waals surface area contributed by atoms with Crippen LogP contribution in [0.15, 0.2) is 0 Å². The van der Waals surface area contributed by atoms with E-state index in [0.717, 1.165) is 0 Å². The van der Waals surface area contributed by atoms with Crippen molar-refractivity contribution in [2.45, 2.75) is 26.7 Å². The second kappa shape index (κ2) is 4.03. The summed E-state index contributed by atoms with van der Waals surface area (Å²) in [5.41, 5.74) is 0.193. The maximum absolute atomic E-state index is 13.6. The van der Waals surface area contributed by atoms with Crippen LogP contribution in [0.25, 0.3) is 0 Å². The molecule has 0 radical (unpaired) electrons. The van der Waals surface area contributed by atoms with E-state index in [2.05, 4.69) is 0 Å². The molecule has 14 heavy (non-hydrogen) atoms.